The van der Waals surface area contributed by atoms with Crippen LogP contribution in [-0.4, -0.2) is 77.1 Å². The van der Waals surface area contributed by atoms with Crippen LogP contribution in [0.25, 0.3) is 0 Å². The summed E-state index contributed by atoms with van der Waals surface area (Å²) in [4.78, 5) is 10.2. The van der Waals surface area contributed by atoms with Gasteiger partial charge in [-0.3, -0.25) is 4.79 Å². The number of hydrogen-bond acceptors (Lipinski definition) is 6. The van der Waals surface area contributed by atoms with E-state index in [0.717, 1.165) is 19.4 Å². The number of rotatable bonds is 18. The van der Waals surface area contributed by atoms with Crippen LogP contribution >= 0.6 is 0 Å². The van der Waals surface area contributed by atoms with Crippen LogP contribution in [0, 0.1) is 0 Å². The fraction of sp³-hybridized carbons (Fsp3) is 0.933. The molecule has 0 rings (SSSR count). The van der Waals surface area contributed by atoms with Crippen LogP contribution in [0.2, 0.25) is 0 Å². The van der Waals surface area contributed by atoms with Crippen LogP contribution in [0.3, 0.4) is 0 Å². The van der Waals surface area contributed by atoms with Crippen molar-refractivity contribution in [2.24, 2.45) is 0 Å². The van der Waals surface area contributed by atoms with Gasteiger partial charge in [0.1, 0.15) is 0 Å². The normalized spacial score (nSPS) is 11.0. The van der Waals surface area contributed by atoms with Crippen LogP contribution < -0.4 is 0 Å². The molecule has 0 spiro atoms. The molecule has 0 aliphatic heterocycles. The molecule has 0 saturated heterocycles. The molecule has 7 nitrogen and oxygen atoms in total. The number of ether oxygens (including phenoxy) is 5. The highest BCUT2D eigenvalue weighted by Crippen LogP contribution is 1.88. The number of unbranched alkanes of at least 4 members (excludes halogenated alkanes) is 1. The van der Waals surface area contributed by atoms with Gasteiger partial charge in [0, 0.05) is 6.61 Å². The van der Waals surface area contributed by atoms with Crippen LogP contribution in [-0.2, 0) is 28.5 Å². The Hall–Kier alpha value is -0.730. The number of carboxylic acids is 1. The van der Waals surface area contributed by atoms with Gasteiger partial charge in [-0.15, -0.1) is 0 Å². The van der Waals surface area contributed by atoms with E-state index in [2.05, 4.69) is 6.92 Å². The number of carboxylic acid groups (broad SMARTS) is 1. The average molecular weight is 322 g/mol. The third kappa shape index (κ3) is 19.3. The van der Waals surface area contributed by atoms with Gasteiger partial charge in [-0.1, -0.05) is 13.3 Å². The molecule has 0 saturated carbocycles. The monoisotopic (exact) mass is 322 g/mol. The van der Waals surface area contributed by atoms with Crippen molar-refractivity contribution >= 4 is 5.97 Å². The molecule has 0 bridgehead atoms. The number of hydrogen-bond donors (Lipinski definition) is 1. The Morgan fingerprint density at radius 2 is 1.05 bits per heavy atom. The van der Waals surface area contributed by atoms with Crippen molar-refractivity contribution in [1.29, 1.82) is 0 Å². The molecule has 0 aromatic carbocycles. The topological polar surface area (TPSA) is 83.5 Å². The number of aliphatic carboxylic acids is 1. The maximum Gasteiger partial charge on any atom is 0.305 e. The van der Waals surface area contributed by atoms with Crippen molar-refractivity contribution in [3.05, 3.63) is 0 Å². The van der Waals surface area contributed by atoms with Gasteiger partial charge in [-0.25, -0.2) is 0 Å². The van der Waals surface area contributed by atoms with Crippen molar-refractivity contribution in [2.45, 2.75) is 26.2 Å². The Labute approximate surface area is 132 Å². The van der Waals surface area contributed by atoms with Crippen molar-refractivity contribution in [3.63, 3.8) is 0 Å². The summed E-state index contributed by atoms with van der Waals surface area (Å²) < 4.78 is 26.4. The van der Waals surface area contributed by atoms with Gasteiger partial charge in [-0.2, -0.15) is 0 Å². The summed E-state index contributed by atoms with van der Waals surface area (Å²) in [5.41, 5.74) is 0. The zero-order valence-electron chi connectivity index (χ0n) is 13.6. The second kappa shape index (κ2) is 18.3. The van der Waals surface area contributed by atoms with Crippen molar-refractivity contribution < 1.29 is 33.6 Å². The summed E-state index contributed by atoms with van der Waals surface area (Å²) in [6.07, 6.45) is 2.26. The zero-order valence-corrected chi connectivity index (χ0v) is 13.6. The van der Waals surface area contributed by atoms with Crippen molar-refractivity contribution in [2.75, 3.05) is 66.1 Å². The molecule has 0 aliphatic rings. The average Bonchev–Trinajstić information content (AvgIpc) is 2.50. The quantitative estimate of drug-likeness (QED) is 0.381. The third-order valence-corrected chi connectivity index (χ3v) is 2.59. The molecule has 0 aromatic heterocycles. The highest BCUT2D eigenvalue weighted by Gasteiger charge is 1.96. The molecule has 0 radical (unpaired) electrons. The highest BCUT2D eigenvalue weighted by molar-refractivity contribution is 5.66. The fourth-order valence-electron chi connectivity index (χ4n) is 1.39. The predicted molar refractivity (Wildman–Crippen MR) is 81.3 cm³/mol. The van der Waals surface area contributed by atoms with Crippen LogP contribution in [0.5, 0.6) is 0 Å². The Kier molecular flexibility index (Phi) is 17.7. The Balaban J connectivity index is 2.95. The summed E-state index contributed by atoms with van der Waals surface area (Å²) in [6.45, 7) is 7.29. The van der Waals surface area contributed by atoms with E-state index in [9.17, 15) is 4.79 Å². The molecule has 7 heteroatoms. The molecule has 1 N–H and O–H groups in total. The van der Waals surface area contributed by atoms with E-state index >= 15 is 0 Å². The minimum Gasteiger partial charge on any atom is -0.481 e. The molecule has 22 heavy (non-hydrogen) atoms. The second-order valence-corrected chi connectivity index (χ2v) is 4.56. The Bertz CT molecular complexity index is 236. The van der Waals surface area contributed by atoms with Crippen LogP contribution in [0.15, 0.2) is 0 Å². The second-order valence-electron chi connectivity index (χ2n) is 4.56. The Morgan fingerprint density at radius 3 is 1.41 bits per heavy atom. The third-order valence-electron chi connectivity index (χ3n) is 2.59. The van der Waals surface area contributed by atoms with E-state index in [1.54, 1.807) is 0 Å². The van der Waals surface area contributed by atoms with Gasteiger partial charge in [0.05, 0.1) is 65.9 Å². The first kappa shape index (κ1) is 21.3. The molecule has 0 fully saturated rings. The molecule has 132 valence electrons. The first-order valence-corrected chi connectivity index (χ1v) is 7.88. The summed E-state index contributed by atoms with van der Waals surface area (Å²) in [7, 11) is 0. The largest absolute Gasteiger partial charge is 0.481 e. The maximum absolute atomic E-state index is 10.2. The van der Waals surface area contributed by atoms with E-state index in [0.29, 0.717) is 52.9 Å². The molecule has 0 aliphatic carbocycles. The van der Waals surface area contributed by atoms with E-state index in [-0.39, 0.29) is 13.0 Å². The lowest BCUT2D eigenvalue weighted by atomic mass is 10.4. The molecule has 0 amide bonds. The molecule has 0 heterocycles. The first-order valence-electron chi connectivity index (χ1n) is 7.88. The summed E-state index contributed by atoms with van der Waals surface area (Å²) >= 11 is 0. The standard InChI is InChI=1S/C15H30O7/c1-2-3-5-18-7-9-20-11-13-22-14-12-21-10-8-19-6-4-15(16)17/h2-14H2,1H3,(H,16,17). The summed E-state index contributed by atoms with van der Waals surface area (Å²) in [5.74, 6) is -0.857. The minimum absolute atomic E-state index is 0.0206. The van der Waals surface area contributed by atoms with Gasteiger partial charge < -0.3 is 28.8 Å². The maximum atomic E-state index is 10.2. The minimum atomic E-state index is -0.857. The van der Waals surface area contributed by atoms with Crippen molar-refractivity contribution in [3.8, 4) is 0 Å². The smallest absolute Gasteiger partial charge is 0.305 e. The lowest BCUT2D eigenvalue weighted by Crippen LogP contribution is -2.13. The molecule has 0 aromatic rings. The van der Waals surface area contributed by atoms with Gasteiger partial charge in [0.15, 0.2) is 0 Å². The van der Waals surface area contributed by atoms with E-state index in [4.69, 9.17) is 28.8 Å². The molecule has 0 atom stereocenters. The van der Waals surface area contributed by atoms with E-state index < -0.39 is 5.97 Å². The van der Waals surface area contributed by atoms with Crippen LogP contribution in [0.4, 0.5) is 0 Å². The fourth-order valence-corrected chi connectivity index (χ4v) is 1.39. The zero-order chi connectivity index (χ0) is 16.3. The Morgan fingerprint density at radius 1 is 0.682 bits per heavy atom. The predicted octanol–water partition coefficient (Wildman–Crippen LogP) is 1.34. The summed E-state index contributed by atoms with van der Waals surface area (Å²) in [5, 5.41) is 8.39. The lowest BCUT2D eigenvalue weighted by molar-refractivity contribution is -0.138. The van der Waals surface area contributed by atoms with Gasteiger partial charge in [0.25, 0.3) is 0 Å². The van der Waals surface area contributed by atoms with Crippen LogP contribution in [0.1, 0.15) is 26.2 Å². The first-order chi connectivity index (χ1) is 10.8. The van der Waals surface area contributed by atoms with E-state index in [1.165, 1.54) is 0 Å². The molecule has 0 unspecified atom stereocenters. The van der Waals surface area contributed by atoms with Gasteiger partial charge >= 0.3 is 5.97 Å². The molecular weight excluding hydrogens is 292 g/mol. The molecular formula is C15H30O7. The lowest BCUT2D eigenvalue weighted by Gasteiger charge is -2.07. The highest BCUT2D eigenvalue weighted by atomic mass is 16.6. The summed E-state index contributed by atoms with van der Waals surface area (Å²) in [6, 6.07) is 0. The SMILES string of the molecule is CCCCOCCOCCOCCOCCOCCC(=O)O. The van der Waals surface area contributed by atoms with E-state index in [1.807, 2.05) is 0 Å². The van der Waals surface area contributed by atoms with Crippen molar-refractivity contribution in [1.82, 2.24) is 0 Å². The van der Waals surface area contributed by atoms with Gasteiger partial charge in [-0.05, 0) is 6.42 Å². The number of carbonyl (C=O) groups is 1. The van der Waals surface area contributed by atoms with Gasteiger partial charge in [0.2, 0.25) is 0 Å².